The van der Waals surface area contributed by atoms with Crippen LogP contribution in [0.25, 0.3) is 0 Å². The molecule has 1 fully saturated rings. The predicted octanol–water partition coefficient (Wildman–Crippen LogP) is 5.00. The predicted molar refractivity (Wildman–Crippen MR) is 108 cm³/mol. The van der Waals surface area contributed by atoms with Gasteiger partial charge in [-0.05, 0) is 62.9 Å². The lowest BCUT2D eigenvalue weighted by Gasteiger charge is -2.36. The first-order chi connectivity index (χ1) is 13.5. The molecular weight excluding hydrogens is 357 g/mol. The Kier molecular flexibility index (Phi) is 6.35. The van der Waals surface area contributed by atoms with Gasteiger partial charge in [0, 0.05) is 24.5 Å². The molecule has 1 aliphatic rings. The normalized spacial score (nSPS) is 17.0. The van der Waals surface area contributed by atoms with Gasteiger partial charge in [0.1, 0.15) is 11.6 Å². The maximum absolute atomic E-state index is 14.6. The van der Waals surface area contributed by atoms with Gasteiger partial charge >= 0.3 is 0 Å². The highest BCUT2D eigenvalue weighted by Gasteiger charge is 2.43. The lowest BCUT2D eigenvalue weighted by atomic mass is 9.73. The highest BCUT2D eigenvalue weighted by atomic mass is 19.1. The molecule has 0 unspecified atom stereocenters. The van der Waals surface area contributed by atoms with Gasteiger partial charge in [-0.25, -0.2) is 4.39 Å². The molecule has 1 aliphatic heterocycles. The molecule has 150 valence electrons. The van der Waals surface area contributed by atoms with Gasteiger partial charge in [-0.2, -0.15) is 0 Å². The zero-order valence-electron chi connectivity index (χ0n) is 16.8. The van der Waals surface area contributed by atoms with Crippen LogP contribution in [0.5, 0.6) is 5.75 Å². The summed E-state index contributed by atoms with van der Waals surface area (Å²) in [6.45, 7) is 6.92. The summed E-state index contributed by atoms with van der Waals surface area (Å²) in [5.41, 5.74) is 1.14. The van der Waals surface area contributed by atoms with Gasteiger partial charge in [0.25, 0.3) is 0 Å². The van der Waals surface area contributed by atoms with E-state index in [4.69, 9.17) is 9.47 Å². The Morgan fingerprint density at radius 3 is 2.61 bits per heavy atom. The molecule has 0 aromatic heterocycles. The molecule has 0 radical (unpaired) electrons. The van der Waals surface area contributed by atoms with Gasteiger partial charge in [-0.3, -0.25) is 4.79 Å². The number of anilines is 1. The van der Waals surface area contributed by atoms with Gasteiger partial charge in [-0.15, -0.1) is 0 Å². The number of hydrogen-bond donors (Lipinski definition) is 1. The fourth-order valence-electron chi connectivity index (χ4n) is 3.60. The number of carbonyl (C=O) groups is 1. The molecule has 5 heteroatoms. The second kappa shape index (κ2) is 8.74. The summed E-state index contributed by atoms with van der Waals surface area (Å²) in [6.07, 6.45) is 1.96. The summed E-state index contributed by atoms with van der Waals surface area (Å²) in [5.74, 6) is 0.256. The standard InChI is InChI=1S/C23H28FNO3/c1-4-17(3)28-21-10-9-18(15-16(21)2)25-22(26)23(11-13-27-14-12-23)19-7-5-6-8-20(19)24/h5-10,15,17H,4,11-14H2,1-3H3,(H,25,26)/t17-/m1/s1. The highest BCUT2D eigenvalue weighted by Crippen LogP contribution is 2.38. The molecule has 2 aromatic carbocycles. The summed E-state index contributed by atoms with van der Waals surface area (Å²) in [7, 11) is 0. The van der Waals surface area contributed by atoms with E-state index >= 15 is 0 Å². The van der Waals surface area contributed by atoms with Crippen LogP contribution in [0.3, 0.4) is 0 Å². The van der Waals surface area contributed by atoms with Crippen molar-refractivity contribution in [2.45, 2.75) is 51.6 Å². The smallest absolute Gasteiger partial charge is 0.235 e. The van der Waals surface area contributed by atoms with E-state index in [9.17, 15) is 9.18 Å². The Hall–Kier alpha value is -2.40. The first-order valence-electron chi connectivity index (χ1n) is 9.88. The quantitative estimate of drug-likeness (QED) is 0.761. The first-order valence-corrected chi connectivity index (χ1v) is 9.88. The van der Waals surface area contributed by atoms with Crippen molar-refractivity contribution in [2.75, 3.05) is 18.5 Å². The minimum Gasteiger partial charge on any atom is -0.490 e. The van der Waals surface area contributed by atoms with E-state index in [0.717, 1.165) is 17.7 Å². The molecule has 0 bridgehead atoms. The molecular formula is C23H28FNO3. The maximum Gasteiger partial charge on any atom is 0.235 e. The van der Waals surface area contributed by atoms with Gasteiger partial charge in [0.05, 0.1) is 11.5 Å². The van der Waals surface area contributed by atoms with Crippen molar-refractivity contribution in [3.63, 3.8) is 0 Å². The van der Waals surface area contributed by atoms with Crippen molar-refractivity contribution >= 4 is 11.6 Å². The minimum atomic E-state index is -0.927. The summed E-state index contributed by atoms with van der Waals surface area (Å²) in [5, 5.41) is 3.00. The summed E-state index contributed by atoms with van der Waals surface area (Å²) >= 11 is 0. The van der Waals surface area contributed by atoms with Gasteiger partial charge < -0.3 is 14.8 Å². The number of rotatable bonds is 6. The second-order valence-electron chi connectivity index (χ2n) is 7.45. The zero-order valence-corrected chi connectivity index (χ0v) is 16.8. The highest BCUT2D eigenvalue weighted by molar-refractivity contribution is 5.99. The molecule has 1 atom stereocenters. The largest absolute Gasteiger partial charge is 0.490 e. The van der Waals surface area contributed by atoms with E-state index in [2.05, 4.69) is 12.2 Å². The number of halogens is 1. The van der Waals surface area contributed by atoms with Crippen LogP contribution in [-0.4, -0.2) is 25.2 Å². The third kappa shape index (κ3) is 4.20. The van der Waals surface area contributed by atoms with Crippen molar-refractivity contribution < 1.29 is 18.7 Å². The third-order valence-electron chi connectivity index (χ3n) is 5.51. The van der Waals surface area contributed by atoms with E-state index in [1.54, 1.807) is 18.2 Å². The molecule has 0 spiro atoms. The van der Waals surface area contributed by atoms with Gasteiger partial charge in [0.15, 0.2) is 0 Å². The topological polar surface area (TPSA) is 47.6 Å². The minimum absolute atomic E-state index is 0.130. The average Bonchev–Trinajstić information content (AvgIpc) is 2.70. The van der Waals surface area contributed by atoms with E-state index in [0.29, 0.717) is 37.3 Å². The number of benzene rings is 2. The third-order valence-corrected chi connectivity index (χ3v) is 5.51. The van der Waals surface area contributed by atoms with E-state index in [-0.39, 0.29) is 17.8 Å². The molecule has 1 saturated heterocycles. The SMILES string of the molecule is CC[C@@H](C)Oc1ccc(NC(=O)C2(c3ccccc3F)CCOCC2)cc1C. The van der Waals surface area contributed by atoms with Gasteiger partial charge in [-0.1, -0.05) is 25.1 Å². The molecule has 4 nitrogen and oxygen atoms in total. The molecule has 1 heterocycles. The lowest BCUT2D eigenvalue weighted by Crippen LogP contribution is -2.45. The number of carbonyl (C=O) groups excluding carboxylic acids is 1. The summed E-state index contributed by atoms with van der Waals surface area (Å²) < 4.78 is 25.9. The number of hydrogen-bond acceptors (Lipinski definition) is 3. The van der Waals surface area contributed by atoms with Crippen LogP contribution in [0.4, 0.5) is 10.1 Å². The van der Waals surface area contributed by atoms with Crippen molar-refractivity contribution in [3.8, 4) is 5.75 Å². The fraction of sp³-hybridized carbons (Fsp3) is 0.435. The summed E-state index contributed by atoms with van der Waals surface area (Å²) in [6, 6.07) is 12.1. The van der Waals surface area contributed by atoms with Crippen LogP contribution in [-0.2, 0) is 14.9 Å². The molecule has 2 aromatic rings. The van der Waals surface area contributed by atoms with E-state index < -0.39 is 5.41 Å². The molecule has 1 N–H and O–H groups in total. The number of ether oxygens (including phenoxy) is 2. The number of aryl methyl sites for hydroxylation is 1. The van der Waals surface area contributed by atoms with Crippen molar-refractivity contribution in [1.82, 2.24) is 0 Å². The summed E-state index contributed by atoms with van der Waals surface area (Å²) in [4.78, 5) is 13.3. The monoisotopic (exact) mass is 385 g/mol. The molecule has 1 amide bonds. The van der Waals surface area contributed by atoms with Crippen molar-refractivity contribution in [2.24, 2.45) is 0 Å². The second-order valence-corrected chi connectivity index (χ2v) is 7.45. The number of nitrogens with one attached hydrogen (secondary N) is 1. The zero-order chi connectivity index (χ0) is 20.1. The Labute approximate surface area is 166 Å². The first kappa shape index (κ1) is 20.3. The van der Waals surface area contributed by atoms with Crippen molar-refractivity contribution in [3.05, 3.63) is 59.4 Å². The van der Waals surface area contributed by atoms with Crippen molar-refractivity contribution in [1.29, 1.82) is 0 Å². The van der Waals surface area contributed by atoms with Crippen LogP contribution in [0.1, 0.15) is 44.2 Å². The fourth-order valence-corrected chi connectivity index (χ4v) is 3.60. The Morgan fingerprint density at radius 2 is 1.96 bits per heavy atom. The lowest BCUT2D eigenvalue weighted by molar-refractivity contribution is -0.125. The van der Waals surface area contributed by atoms with Crippen LogP contribution < -0.4 is 10.1 Å². The van der Waals surface area contributed by atoms with E-state index in [1.165, 1.54) is 6.07 Å². The Bertz CT molecular complexity index is 830. The van der Waals surface area contributed by atoms with Crippen LogP contribution >= 0.6 is 0 Å². The Balaban J connectivity index is 1.85. The molecule has 3 rings (SSSR count). The van der Waals surface area contributed by atoms with Crippen LogP contribution in [0.15, 0.2) is 42.5 Å². The van der Waals surface area contributed by atoms with Gasteiger partial charge in [0.2, 0.25) is 5.91 Å². The van der Waals surface area contributed by atoms with E-state index in [1.807, 2.05) is 32.0 Å². The van der Waals surface area contributed by atoms with Crippen LogP contribution in [0, 0.1) is 12.7 Å². The maximum atomic E-state index is 14.6. The molecule has 28 heavy (non-hydrogen) atoms. The Morgan fingerprint density at radius 1 is 1.25 bits per heavy atom. The average molecular weight is 385 g/mol. The van der Waals surface area contributed by atoms with Crippen LogP contribution in [0.2, 0.25) is 0 Å². The molecule has 0 saturated carbocycles. The number of amides is 1. The molecule has 0 aliphatic carbocycles.